The van der Waals surface area contributed by atoms with Gasteiger partial charge in [-0.25, -0.2) is 0 Å². The second-order valence-electron chi connectivity index (χ2n) is 13.9. The molecular weight excluding hydrogens is 631 g/mol. The average molecular weight is 664 g/mol. The van der Waals surface area contributed by atoms with Crippen molar-refractivity contribution < 1.29 is 0 Å². The maximum absolute atomic E-state index is 2.41. The molecule has 8 aromatic carbocycles. The van der Waals surface area contributed by atoms with Gasteiger partial charge in [-0.1, -0.05) is 97.1 Å². The van der Waals surface area contributed by atoms with Gasteiger partial charge in [0.25, 0.3) is 0 Å². The van der Waals surface area contributed by atoms with Crippen LogP contribution in [0.4, 0.5) is 0 Å². The number of aryl methyl sites for hydroxylation is 1. The van der Waals surface area contributed by atoms with Crippen LogP contribution in [0.25, 0.3) is 93.6 Å². The quantitative estimate of drug-likeness (QED) is 0.178. The van der Waals surface area contributed by atoms with Crippen LogP contribution in [0.3, 0.4) is 0 Å². The molecule has 0 saturated heterocycles. The molecule has 244 valence electrons. The molecule has 0 amide bonds. The van der Waals surface area contributed by atoms with Crippen LogP contribution >= 0.6 is 0 Å². The molecule has 11 rings (SSSR count). The maximum Gasteiger partial charge on any atom is 0.0541 e. The fourth-order valence-corrected chi connectivity index (χ4v) is 8.58. The summed E-state index contributed by atoms with van der Waals surface area (Å²) >= 11 is 0. The zero-order valence-corrected chi connectivity index (χ0v) is 28.7. The van der Waals surface area contributed by atoms with E-state index in [9.17, 15) is 0 Å². The second kappa shape index (κ2) is 11.1. The zero-order chi connectivity index (χ0) is 34.3. The van der Waals surface area contributed by atoms with Gasteiger partial charge in [-0.2, -0.15) is 0 Å². The minimum Gasteiger partial charge on any atom is -0.309 e. The lowest BCUT2D eigenvalue weighted by molar-refractivity contribution is 1.14. The van der Waals surface area contributed by atoms with Crippen molar-refractivity contribution in [2.75, 3.05) is 0 Å². The van der Waals surface area contributed by atoms with Crippen molar-refractivity contribution in [1.29, 1.82) is 0 Å². The zero-order valence-electron chi connectivity index (χ0n) is 28.7. The van der Waals surface area contributed by atoms with E-state index in [1.165, 1.54) is 87.8 Å². The Kier molecular flexibility index (Phi) is 6.17. The van der Waals surface area contributed by atoms with Gasteiger partial charge in [0.15, 0.2) is 0 Å². The molecule has 0 atom stereocenters. The Morgan fingerprint density at radius 1 is 0.269 bits per heavy atom. The van der Waals surface area contributed by atoms with Crippen molar-refractivity contribution in [2.45, 2.75) is 6.92 Å². The highest BCUT2D eigenvalue weighted by atomic mass is 15.0. The number of fused-ring (bicyclic) bond motifs is 9. The molecule has 52 heavy (non-hydrogen) atoms. The van der Waals surface area contributed by atoms with E-state index < -0.39 is 0 Å². The summed E-state index contributed by atoms with van der Waals surface area (Å²) in [4.78, 5) is 0. The summed E-state index contributed by atoms with van der Waals surface area (Å²) in [5, 5.41) is 7.58. The number of para-hydroxylation sites is 4. The SMILES string of the molecule is Cc1cccc(-n2c3ccccc3c3cc(-c4ccc5c(c4)c4ccccc4n5-c4ccc(-n5c6ccccc6c6ccccc65)cc4)ccc32)c1. The van der Waals surface area contributed by atoms with Crippen LogP contribution < -0.4 is 0 Å². The number of hydrogen-bond acceptors (Lipinski definition) is 0. The molecule has 0 aliphatic rings. The minimum atomic E-state index is 1.15. The molecule has 0 N–H and O–H groups in total. The third-order valence-corrected chi connectivity index (χ3v) is 10.9. The van der Waals surface area contributed by atoms with E-state index in [2.05, 4.69) is 203 Å². The smallest absolute Gasteiger partial charge is 0.0541 e. The molecule has 3 heterocycles. The third-order valence-electron chi connectivity index (χ3n) is 10.9. The van der Waals surface area contributed by atoms with Gasteiger partial charge in [0.2, 0.25) is 0 Å². The van der Waals surface area contributed by atoms with E-state index in [1.54, 1.807) is 0 Å². The standard InChI is InChI=1S/C49H33N3/c1-32-11-10-12-37(29-32)52-47-20-9-5-16-41(47)43-31-34(22-28-49(43)52)33-21-27-48-42(30-33)40-15-4-8-19-46(40)51(48)36-25-23-35(24-26-36)50-44-17-6-2-13-38(44)39-14-3-7-18-45(39)50/h2-31H,1H3. The van der Waals surface area contributed by atoms with E-state index in [0.717, 1.165) is 11.4 Å². The Morgan fingerprint density at radius 2 is 0.635 bits per heavy atom. The van der Waals surface area contributed by atoms with Crippen LogP contribution in [0, 0.1) is 6.92 Å². The highest BCUT2D eigenvalue weighted by Crippen LogP contribution is 2.39. The van der Waals surface area contributed by atoms with Crippen LogP contribution in [0.5, 0.6) is 0 Å². The topological polar surface area (TPSA) is 14.8 Å². The molecule has 0 fully saturated rings. The van der Waals surface area contributed by atoms with Gasteiger partial charge >= 0.3 is 0 Å². The van der Waals surface area contributed by atoms with Gasteiger partial charge in [0.1, 0.15) is 0 Å². The van der Waals surface area contributed by atoms with Crippen LogP contribution in [0.1, 0.15) is 5.56 Å². The van der Waals surface area contributed by atoms with Crippen LogP contribution in [-0.4, -0.2) is 13.7 Å². The summed E-state index contributed by atoms with van der Waals surface area (Å²) in [5.41, 5.74) is 14.5. The van der Waals surface area contributed by atoms with E-state index in [0.29, 0.717) is 0 Å². The van der Waals surface area contributed by atoms with E-state index in [4.69, 9.17) is 0 Å². The first-order valence-electron chi connectivity index (χ1n) is 17.9. The molecule has 0 saturated carbocycles. The van der Waals surface area contributed by atoms with E-state index >= 15 is 0 Å². The Labute approximate surface area is 300 Å². The Hall–Kier alpha value is -6.84. The molecular formula is C49H33N3. The maximum atomic E-state index is 2.41. The van der Waals surface area contributed by atoms with Gasteiger partial charge < -0.3 is 13.7 Å². The first-order valence-corrected chi connectivity index (χ1v) is 17.9. The lowest BCUT2D eigenvalue weighted by atomic mass is 10.0. The van der Waals surface area contributed by atoms with Crippen molar-refractivity contribution in [3.63, 3.8) is 0 Å². The summed E-state index contributed by atoms with van der Waals surface area (Å²) in [6.07, 6.45) is 0. The van der Waals surface area contributed by atoms with E-state index in [1.807, 2.05) is 0 Å². The van der Waals surface area contributed by atoms with Gasteiger partial charge in [-0.15, -0.1) is 0 Å². The van der Waals surface area contributed by atoms with Crippen molar-refractivity contribution in [3.05, 3.63) is 188 Å². The van der Waals surface area contributed by atoms with Crippen molar-refractivity contribution in [3.8, 4) is 28.2 Å². The van der Waals surface area contributed by atoms with Crippen molar-refractivity contribution >= 4 is 65.4 Å². The highest BCUT2D eigenvalue weighted by Gasteiger charge is 2.17. The number of nitrogens with zero attached hydrogens (tertiary/aromatic N) is 3. The fourth-order valence-electron chi connectivity index (χ4n) is 8.58. The largest absolute Gasteiger partial charge is 0.309 e. The molecule has 3 nitrogen and oxygen atoms in total. The van der Waals surface area contributed by atoms with Crippen molar-refractivity contribution in [2.24, 2.45) is 0 Å². The minimum absolute atomic E-state index is 1.15. The van der Waals surface area contributed by atoms with E-state index in [-0.39, 0.29) is 0 Å². The molecule has 0 radical (unpaired) electrons. The molecule has 0 aliphatic carbocycles. The van der Waals surface area contributed by atoms with Gasteiger partial charge in [0, 0.05) is 49.4 Å². The first-order chi connectivity index (χ1) is 25.7. The summed E-state index contributed by atoms with van der Waals surface area (Å²) in [6.45, 7) is 2.16. The summed E-state index contributed by atoms with van der Waals surface area (Å²) in [5.74, 6) is 0. The monoisotopic (exact) mass is 663 g/mol. The van der Waals surface area contributed by atoms with Gasteiger partial charge in [0.05, 0.1) is 33.1 Å². The predicted octanol–water partition coefficient (Wildman–Crippen LogP) is 13.0. The first kappa shape index (κ1) is 28.9. The van der Waals surface area contributed by atoms with Crippen LogP contribution in [0.15, 0.2) is 182 Å². The van der Waals surface area contributed by atoms with Crippen LogP contribution in [0.2, 0.25) is 0 Å². The molecule has 3 heteroatoms. The number of hydrogen-bond donors (Lipinski definition) is 0. The summed E-state index contributed by atoms with van der Waals surface area (Å²) in [7, 11) is 0. The molecule has 3 aromatic heterocycles. The normalized spacial score (nSPS) is 11.9. The Bertz CT molecular complexity index is 3130. The van der Waals surface area contributed by atoms with Gasteiger partial charge in [-0.3, -0.25) is 0 Å². The highest BCUT2D eigenvalue weighted by molar-refractivity contribution is 6.13. The molecule has 11 aromatic rings. The number of aromatic nitrogens is 3. The van der Waals surface area contributed by atoms with Crippen molar-refractivity contribution in [1.82, 2.24) is 13.7 Å². The Balaban J connectivity index is 1.05. The fraction of sp³-hybridized carbons (Fsp3) is 0.0204. The summed E-state index contributed by atoms with van der Waals surface area (Å²) in [6, 6.07) is 66.6. The molecule has 0 unspecified atom stereocenters. The summed E-state index contributed by atoms with van der Waals surface area (Å²) < 4.78 is 7.18. The third kappa shape index (κ3) is 4.20. The second-order valence-corrected chi connectivity index (χ2v) is 13.9. The predicted molar refractivity (Wildman–Crippen MR) is 220 cm³/mol. The Morgan fingerprint density at radius 3 is 1.06 bits per heavy atom. The lowest BCUT2D eigenvalue weighted by Gasteiger charge is -2.12. The average Bonchev–Trinajstić information content (AvgIpc) is 3.83. The molecule has 0 spiro atoms. The van der Waals surface area contributed by atoms with Gasteiger partial charge in [-0.05, 0) is 109 Å². The number of rotatable bonds is 4. The molecule has 0 aliphatic heterocycles. The molecule has 0 bridgehead atoms. The van der Waals surface area contributed by atoms with Crippen LogP contribution in [-0.2, 0) is 0 Å². The number of benzene rings is 8. The lowest BCUT2D eigenvalue weighted by Crippen LogP contribution is -1.97.